The van der Waals surface area contributed by atoms with Gasteiger partial charge in [0.2, 0.25) is 0 Å². The van der Waals surface area contributed by atoms with Crippen molar-refractivity contribution in [3.8, 4) is 6.07 Å². The van der Waals surface area contributed by atoms with E-state index < -0.39 is 6.10 Å². The zero-order chi connectivity index (χ0) is 15.6. The molecule has 1 aliphatic carbocycles. The summed E-state index contributed by atoms with van der Waals surface area (Å²) in [6.07, 6.45) is 3.17. The minimum absolute atomic E-state index is 0.108. The van der Waals surface area contributed by atoms with E-state index in [2.05, 4.69) is 10.4 Å². The summed E-state index contributed by atoms with van der Waals surface area (Å²) in [5.74, 6) is 0.569. The molecule has 0 spiro atoms. The van der Waals surface area contributed by atoms with Crippen molar-refractivity contribution in [3.05, 3.63) is 11.8 Å². The highest BCUT2D eigenvalue weighted by Gasteiger charge is 2.31. The normalized spacial score (nSPS) is 15.6. The topological polar surface area (TPSA) is 94.2 Å². The molecule has 7 nitrogen and oxygen atoms in total. The highest BCUT2D eigenvalue weighted by Crippen LogP contribution is 2.32. The van der Waals surface area contributed by atoms with Gasteiger partial charge in [0, 0.05) is 25.8 Å². The van der Waals surface area contributed by atoms with Crippen LogP contribution in [0.1, 0.15) is 38.3 Å². The molecule has 1 aromatic heterocycles. The maximum atomic E-state index is 12.1. The van der Waals surface area contributed by atoms with E-state index in [1.807, 2.05) is 19.9 Å². The predicted octanol–water partition coefficient (Wildman–Crippen LogP) is 1.57. The van der Waals surface area contributed by atoms with Gasteiger partial charge in [-0.1, -0.05) is 0 Å². The molecule has 21 heavy (non-hydrogen) atoms. The van der Waals surface area contributed by atoms with Crippen molar-refractivity contribution in [2.45, 2.75) is 38.8 Å². The number of anilines is 1. The molecule has 2 N–H and O–H groups in total. The fourth-order valence-electron chi connectivity index (χ4n) is 2.02. The lowest BCUT2D eigenvalue weighted by atomic mass is 10.2. The summed E-state index contributed by atoms with van der Waals surface area (Å²) in [5, 5.41) is 25.8. The van der Waals surface area contributed by atoms with Crippen molar-refractivity contribution < 1.29 is 9.90 Å². The largest absolute Gasteiger partial charge is 0.391 e. The third-order valence-corrected chi connectivity index (χ3v) is 3.58. The van der Waals surface area contributed by atoms with Gasteiger partial charge in [-0.3, -0.25) is 10.00 Å². The number of aliphatic hydroxyl groups is 1. The maximum absolute atomic E-state index is 12.1. The van der Waals surface area contributed by atoms with Crippen LogP contribution in [0.2, 0.25) is 0 Å². The minimum Gasteiger partial charge on any atom is -0.391 e. The van der Waals surface area contributed by atoms with Crippen LogP contribution in [0.3, 0.4) is 0 Å². The maximum Gasteiger partial charge on any atom is 0.322 e. The van der Waals surface area contributed by atoms with Crippen LogP contribution in [-0.2, 0) is 0 Å². The van der Waals surface area contributed by atoms with Crippen molar-refractivity contribution in [2.24, 2.45) is 5.92 Å². The van der Waals surface area contributed by atoms with Gasteiger partial charge >= 0.3 is 6.03 Å². The third-order valence-electron chi connectivity index (χ3n) is 3.58. The second-order valence-corrected chi connectivity index (χ2v) is 5.79. The number of likely N-dealkylation sites (N-methyl/N-ethyl adjacent to an activating group) is 1. The summed E-state index contributed by atoms with van der Waals surface area (Å²) in [5.41, 5.74) is 0.327. The van der Waals surface area contributed by atoms with Gasteiger partial charge in [-0.25, -0.2) is 4.79 Å². The number of nitriles is 1. The second kappa shape index (κ2) is 6.14. The van der Waals surface area contributed by atoms with Crippen LogP contribution in [0.4, 0.5) is 10.6 Å². The molecule has 1 heterocycles. The van der Waals surface area contributed by atoms with E-state index in [0.29, 0.717) is 11.5 Å². The average molecular weight is 291 g/mol. The number of aromatic nitrogens is 2. The van der Waals surface area contributed by atoms with Gasteiger partial charge in [-0.2, -0.15) is 10.4 Å². The molecule has 2 rings (SSSR count). The molecular weight excluding hydrogens is 270 g/mol. The smallest absolute Gasteiger partial charge is 0.322 e. The van der Waals surface area contributed by atoms with Gasteiger partial charge in [0.15, 0.2) is 5.82 Å². The molecule has 1 aromatic rings. The first-order valence-electron chi connectivity index (χ1n) is 7.11. The summed E-state index contributed by atoms with van der Waals surface area (Å²) >= 11 is 0. The summed E-state index contributed by atoms with van der Waals surface area (Å²) in [7, 11) is 1.62. The molecule has 0 radical (unpaired) electrons. The summed E-state index contributed by atoms with van der Waals surface area (Å²) in [6, 6.07) is 1.75. The molecule has 1 saturated carbocycles. The van der Waals surface area contributed by atoms with Gasteiger partial charge in [0.25, 0.3) is 0 Å². The zero-order valence-corrected chi connectivity index (χ0v) is 12.6. The van der Waals surface area contributed by atoms with E-state index >= 15 is 0 Å². The SMILES string of the molecule is CC(C)n1cc(C#N)c(NC(=O)N(C)CC(O)C2CC2)n1. The van der Waals surface area contributed by atoms with Crippen LogP contribution >= 0.6 is 0 Å². The van der Waals surface area contributed by atoms with Crippen molar-refractivity contribution in [1.82, 2.24) is 14.7 Å². The Morgan fingerprint density at radius 1 is 1.67 bits per heavy atom. The number of rotatable bonds is 5. The van der Waals surface area contributed by atoms with Crippen LogP contribution in [0.15, 0.2) is 6.20 Å². The van der Waals surface area contributed by atoms with Gasteiger partial charge in [-0.05, 0) is 32.6 Å². The lowest BCUT2D eigenvalue weighted by Crippen LogP contribution is -2.38. The van der Waals surface area contributed by atoms with Crippen LogP contribution in [-0.4, -0.2) is 45.5 Å². The number of hydrogen-bond acceptors (Lipinski definition) is 4. The molecule has 1 atom stereocenters. The Balaban J connectivity index is 1.99. The third kappa shape index (κ3) is 3.73. The highest BCUT2D eigenvalue weighted by atomic mass is 16.3. The summed E-state index contributed by atoms with van der Waals surface area (Å²) in [6.45, 7) is 4.17. The fourth-order valence-corrected chi connectivity index (χ4v) is 2.02. The van der Waals surface area contributed by atoms with Gasteiger partial charge in [-0.15, -0.1) is 0 Å². The molecule has 0 bridgehead atoms. The summed E-state index contributed by atoms with van der Waals surface area (Å²) in [4.78, 5) is 13.5. The van der Waals surface area contributed by atoms with E-state index in [1.54, 1.807) is 17.9 Å². The first-order valence-corrected chi connectivity index (χ1v) is 7.11. The number of nitrogens with zero attached hydrogens (tertiary/aromatic N) is 4. The number of aliphatic hydroxyl groups excluding tert-OH is 1. The van der Waals surface area contributed by atoms with Crippen LogP contribution in [0, 0.1) is 17.2 Å². The minimum atomic E-state index is -0.482. The van der Waals surface area contributed by atoms with Crippen LogP contribution in [0.5, 0.6) is 0 Å². The van der Waals surface area contributed by atoms with Crippen LogP contribution < -0.4 is 5.32 Å². The Morgan fingerprint density at radius 3 is 2.86 bits per heavy atom. The number of urea groups is 1. The zero-order valence-electron chi connectivity index (χ0n) is 12.6. The Kier molecular flexibility index (Phi) is 4.48. The quantitative estimate of drug-likeness (QED) is 0.861. The first kappa shape index (κ1) is 15.3. The first-order chi connectivity index (χ1) is 9.92. The lowest BCUT2D eigenvalue weighted by molar-refractivity contribution is 0.117. The van der Waals surface area contributed by atoms with Gasteiger partial charge in [0.05, 0.1) is 6.10 Å². The van der Waals surface area contributed by atoms with Crippen molar-refractivity contribution in [1.29, 1.82) is 5.26 Å². The van der Waals surface area contributed by atoms with E-state index in [9.17, 15) is 9.90 Å². The van der Waals surface area contributed by atoms with Crippen molar-refractivity contribution >= 4 is 11.8 Å². The van der Waals surface area contributed by atoms with Crippen molar-refractivity contribution in [2.75, 3.05) is 18.9 Å². The van der Waals surface area contributed by atoms with Crippen molar-refractivity contribution in [3.63, 3.8) is 0 Å². The molecule has 7 heteroatoms. The predicted molar refractivity (Wildman–Crippen MR) is 77.7 cm³/mol. The van der Waals surface area contributed by atoms with E-state index in [0.717, 1.165) is 12.8 Å². The molecule has 2 amide bonds. The molecule has 0 aromatic carbocycles. The molecular formula is C14H21N5O2. The monoisotopic (exact) mass is 291 g/mol. The lowest BCUT2D eigenvalue weighted by Gasteiger charge is -2.20. The van der Waals surface area contributed by atoms with E-state index in [-0.39, 0.29) is 24.4 Å². The molecule has 114 valence electrons. The van der Waals surface area contributed by atoms with Gasteiger partial charge in [0.1, 0.15) is 11.6 Å². The Hall–Kier alpha value is -2.07. The Bertz CT molecular complexity index is 556. The molecule has 1 aliphatic rings. The standard InChI is InChI=1S/C14H21N5O2/c1-9(2)19-7-11(6-15)13(17-19)16-14(21)18(3)8-12(20)10-4-5-10/h7,9-10,12,20H,4-5,8H2,1-3H3,(H,16,17,21). The van der Waals surface area contributed by atoms with E-state index in [1.165, 1.54) is 4.90 Å². The molecule has 1 unspecified atom stereocenters. The highest BCUT2D eigenvalue weighted by molar-refractivity contribution is 5.89. The number of carbonyl (C=O) groups is 1. The molecule has 1 fully saturated rings. The number of carbonyl (C=O) groups excluding carboxylic acids is 1. The molecule has 0 saturated heterocycles. The fraction of sp³-hybridized carbons (Fsp3) is 0.643. The number of amides is 2. The Morgan fingerprint density at radius 2 is 2.33 bits per heavy atom. The van der Waals surface area contributed by atoms with E-state index in [4.69, 9.17) is 5.26 Å². The summed E-state index contributed by atoms with van der Waals surface area (Å²) < 4.78 is 1.63. The molecule has 0 aliphatic heterocycles. The van der Waals surface area contributed by atoms with Crippen LogP contribution in [0.25, 0.3) is 0 Å². The average Bonchev–Trinajstić information content (AvgIpc) is 3.20. The number of nitrogens with one attached hydrogen (secondary N) is 1. The van der Waals surface area contributed by atoms with Gasteiger partial charge < -0.3 is 10.0 Å². The second-order valence-electron chi connectivity index (χ2n) is 5.79. The number of hydrogen-bond donors (Lipinski definition) is 2. The Labute approximate surface area is 124 Å².